The Morgan fingerprint density at radius 2 is 2.04 bits per heavy atom. The molecular weight excluding hydrogens is 328 g/mol. The van der Waals surface area contributed by atoms with Gasteiger partial charge in [-0.2, -0.15) is 0 Å². The highest BCUT2D eigenvalue weighted by atomic mass is 32.2. The number of aryl methyl sites for hydroxylation is 1. The van der Waals surface area contributed by atoms with E-state index in [-0.39, 0.29) is 17.2 Å². The van der Waals surface area contributed by atoms with Gasteiger partial charge < -0.3 is 19.4 Å². The van der Waals surface area contributed by atoms with Gasteiger partial charge in [-0.25, -0.2) is 0 Å². The molecule has 1 aromatic heterocycles. The molecule has 2 rings (SSSR count). The highest BCUT2D eigenvalue weighted by Gasteiger charge is 2.21. The van der Waals surface area contributed by atoms with Gasteiger partial charge >= 0.3 is 0 Å². The van der Waals surface area contributed by atoms with E-state index in [9.17, 15) is 4.79 Å². The molecule has 1 heterocycles. The topological polar surface area (TPSA) is 78.3 Å². The molecule has 0 fully saturated rings. The van der Waals surface area contributed by atoms with Crippen molar-refractivity contribution < 1.29 is 14.3 Å². The van der Waals surface area contributed by atoms with Crippen LogP contribution in [0.3, 0.4) is 0 Å². The normalized spacial score (nSPS) is 13.2. The van der Waals surface area contributed by atoms with Crippen molar-refractivity contribution in [2.24, 2.45) is 7.05 Å². The second kappa shape index (κ2) is 8.05. The summed E-state index contributed by atoms with van der Waals surface area (Å²) < 4.78 is 12.4. The molecule has 0 spiro atoms. The predicted molar refractivity (Wildman–Crippen MR) is 92.4 cm³/mol. The maximum absolute atomic E-state index is 12.5. The van der Waals surface area contributed by atoms with Gasteiger partial charge in [-0.3, -0.25) is 4.79 Å². The summed E-state index contributed by atoms with van der Waals surface area (Å²) in [6.45, 7) is 3.75. The summed E-state index contributed by atoms with van der Waals surface area (Å²) in [5.41, 5.74) is 0.862. The number of ether oxygens (including phenoxy) is 2. The van der Waals surface area contributed by atoms with Crippen LogP contribution in [0.4, 0.5) is 0 Å². The van der Waals surface area contributed by atoms with E-state index < -0.39 is 0 Å². The molecule has 7 nitrogen and oxygen atoms in total. The average molecular weight is 350 g/mol. The lowest BCUT2D eigenvalue weighted by molar-refractivity contribution is -0.120. The molecule has 0 unspecified atom stereocenters. The molecule has 0 aliphatic carbocycles. The lowest BCUT2D eigenvalue weighted by Gasteiger charge is -2.20. The van der Waals surface area contributed by atoms with Crippen LogP contribution in [-0.2, 0) is 11.8 Å². The Morgan fingerprint density at radius 3 is 2.62 bits per heavy atom. The Morgan fingerprint density at radius 1 is 1.29 bits per heavy atom. The summed E-state index contributed by atoms with van der Waals surface area (Å²) in [5, 5.41) is 11.2. The van der Waals surface area contributed by atoms with Crippen LogP contribution in [0, 0.1) is 0 Å². The summed E-state index contributed by atoms with van der Waals surface area (Å²) in [7, 11) is 5.05. The van der Waals surface area contributed by atoms with Gasteiger partial charge in [0.25, 0.3) is 0 Å². The smallest absolute Gasteiger partial charge is 0.233 e. The van der Waals surface area contributed by atoms with Gasteiger partial charge in [0.2, 0.25) is 5.91 Å². The minimum atomic E-state index is -0.299. The summed E-state index contributed by atoms with van der Waals surface area (Å²) >= 11 is 1.36. The van der Waals surface area contributed by atoms with Crippen LogP contribution in [0.25, 0.3) is 0 Å². The number of thioether (sulfide) groups is 1. The Hall–Kier alpha value is -2.22. The lowest BCUT2D eigenvalue weighted by Crippen LogP contribution is -2.33. The number of methoxy groups -OCH3 is 2. The molecule has 1 amide bonds. The van der Waals surface area contributed by atoms with Gasteiger partial charge in [0.1, 0.15) is 17.8 Å². The number of hydrogen-bond acceptors (Lipinski definition) is 6. The maximum Gasteiger partial charge on any atom is 0.233 e. The van der Waals surface area contributed by atoms with Crippen molar-refractivity contribution in [2.75, 3.05) is 14.2 Å². The van der Waals surface area contributed by atoms with Crippen molar-refractivity contribution in [3.8, 4) is 11.5 Å². The molecule has 0 bridgehead atoms. The number of carbonyl (C=O) groups is 1. The Labute approximate surface area is 145 Å². The number of nitrogens with one attached hydrogen (secondary N) is 1. The van der Waals surface area contributed by atoms with Gasteiger partial charge in [0, 0.05) is 12.6 Å². The van der Waals surface area contributed by atoms with E-state index in [1.807, 2.05) is 39.1 Å². The number of amides is 1. The Kier molecular flexibility index (Phi) is 6.08. The van der Waals surface area contributed by atoms with Crippen molar-refractivity contribution >= 4 is 17.7 Å². The molecular formula is C16H22N4O3S. The van der Waals surface area contributed by atoms with Crippen molar-refractivity contribution in [3.63, 3.8) is 0 Å². The molecule has 2 atom stereocenters. The first-order valence-corrected chi connectivity index (χ1v) is 8.37. The Balaban J connectivity index is 2.06. The third-order valence-electron chi connectivity index (χ3n) is 3.58. The SMILES string of the molecule is COc1ccc(OC)c([C@H](C)NC(=O)[C@@H](C)Sc2nncn2C)c1. The van der Waals surface area contributed by atoms with Crippen molar-refractivity contribution in [1.82, 2.24) is 20.1 Å². The van der Waals surface area contributed by atoms with Gasteiger partial charge in [0.05, 0.1) is 25.5 Å². The zero-order chi connectivity index (χ0) is 17.7. The standard InChI is InChI=1S/C16H22N4O3S/c1-10(13-8-12(22-4)6-7-14(13)23-5)18-15(21)11(2)24-16-19-17-9-20(16)3/h6-11H,1-5H3,(H,18,21)/t10-,11+/m0/s1. The fraction of sp³-hybridized carbons (Fsp3) is 0.438. The molecule has 0 aliphatic rings. The fourth-order valence-electron chi connectivity index (χ4n) is 2.18. The van der Waals surface area contributed by atoms with Crippen LogP contribution >= 0.6 is 11.8 Å². The van der Waals surface area contributed by atoms with E-state index >= 15 is 0 Å². The third kappa shape index (κ3) is 4.19. The second-order valence-electron chi connectivity index (χ2n) is 5.32. The van der Waals surface area contributed by atoms with Crippen LogP contribution in [0.1, 0.15) is 25.5 Å². The largest absolute Gasteiger partial charge is 0.497 e. The molecule has 1 aromatic carbocycles. The molecule has 0 radical (unpaired) electrons. The molecule has 2 aromatic rings. The highest BCUT2D eigenvalue weighted by Crippen LogP contribution is 2.29. The first-order valence-electron chi connectivity index (χ1n) is 7.49. The van der Waals surface area contributed by atoms with E-state index in [1.165, 1.54) is 11.8 Å². The fourth-order valence-corrected chi connectivity index (χ4v) is 2.98. The van der Waals surface area contributed by atoms with Gasteiger partial charge in [-0.05, 0) is 32.0 Å². The zero-order valence-electron chi connectivity index (χ0n) is 14.4. The summed E-state index contributed by atoms with van der Waals surface area (Å²) in [6, 6.07) is 5.30. The van der Waals surface area contributed by atoms with E-state index in [0.717, 1.165) is 5.56 Å². The second-order valence-corrected chi connectivity index (χ2v) is 6.63. The number of nitrogens with zero attached hydrogens (tertiary/aromatic N) is 3. The van der Waals surface area contributed by atoms with Gasteiger partial charge in [-0.1, -0.05) is 11.8 Å². The maximum atomic E-state index is 12.5. The number of hydrogen-bond donors (Lipinski definition) is 1. The van der Waals surface area contributed by atoms with Crippen LogP contribution in [0.5, 0.6) is 11.5 Å². The molecule has 0 saturated heterocycles. The molecule has 0 aliphatic heterocycles. The van der Waals surface area contributed by atoms with Gasteiger partial charge in [0.15, 0.2) is 5.16 Å². The summed E-state index contributed by atoms with van der Waals surface area (Å²) in [6.07, 6.45) is 1.61. The van der Waals surface area contributed by atoms with E-state index in [0.29, 0.717) is 16.7 Å². The monoisotopic (exact) mass is 350 g/mol. The van der Waals surface area contributed by atoms with Crippen molar-refractivity contribution in [1.29, 1.82) is 0 Å². The van der Waals surface area contributed by atoms with Crippen LogP contribution in [0.15, 0.2) is 29.7 Å². The van der Waals surface area contributed by atoms with E-state index in [1.54, 1.807) is 25.1 Å². The zero-order valence-corrected chi connectivity index (χ0v) is 15.3. The van der Waals surface area contributed by atoms with Crippen LogP contribution in [0.2, 0.25) is 0 Å². The van der Waals surface area contributed by atoms with E-state index in [2.05, 4.69) is 15.5 Å². The van der Waals surface area contributed by atoms with E-state index in [4.69, 9.17) is 9.47 Å². The first-order chi connectivity index (χ1) is 11.5. The number of rotatable bonds is 7. The number of carbonyl (C=O) groups excluding carboxylic acids is 1. The van der Waals surface area contributed by atoms with Crippen LogP contribution < -0.4 is 14.8 Å². The molecule has 8 heteroatoms. The number of benzene rings is 1. The third-order valence-corrected chi connectivity index (χ3v) is 4.73. The minimum absolute atomic E-state index is 0.0830. The quantitative estimate of drug-likeness (QED) is 0.771. The number of aromatic nitrogens is 3. The lowest BCUT2D eigenvalue weighted by atomic mass is 10.1. The van der Waals surface area contributed by atoms with Crippen molar-refractivity contribution in [2.45, 2.75) is 30.3 Å². The predicted octanol–water partition coefficient (Wildman–Crippen LogP) is 2.19. The molecule has 0 saturated carbocycles. The molecule has 24 heavy (non-hydrogen) atoms. The van der Waals surface area contributed by atoms with Gasteiger partial charge in [-0.15, -0.1) is 10.2 Å². The summed E-state index contributed by atoms with van der Waals surface area (Å²) in [5.74, 6) is 1.34. The summed E-state index contributed by atoms with van der Waals surface area (Å²) in [4.78, 5) is 12.5. The van der Waals surface area contributed by atoms with Crippen molar-refractivity contribution in [3.05, 3.63) is 30.1 Å². The van der Waals surface area contributed by atoms with Crippen LogP contribution in [-0.4, -0.2) is 40.1 Å². The highest BCUT2D eigenvalue weighted by molar-refractivity contribution is 8.00. The molecule has 130 valence electrons. The first kappa shape index (κ1) is 18.1. The molecule has 1 N–H and O–H groups in total. The average Bonchev–Trinajstić information content (AvgIpc) is 2.98. The Bertz CT molecular complexity index is 704. The minimum Gasteiger partial charge on any atom is -0.497 e.